The highest BCUT2D eigenvalue weighted by Gasteiger charge is 2.31. The molecule has 5 nitrogen and oxygen atoms in total. The van der Waals surface area contributed by atoms with Crippen LogP contribution in [-0.4, -0.2) is 30.9 Å². The molecule has 0 N–H and O–H groups in total. The fourth-order valence-electron chi connectivity index (χ4n) is 1.30. The minimum Gasteiger partial charge on any atom is -0.361 e. The highest BCUT2D eigenvalue weighted by atomic mass is 31.2. The molecule has 0 amide bonds. The highest BCUT2D eigenvalue weighted by Crippen LogP contribution is 2.48. The Balaban J connectivity index is 2.82. The first-order chi connectivity index (χ1) is 7.15. The van der Waals surface area contributed by atoms with Crippen LogP contribution in [0.3, 0.4) is 0 Å². The normalized spacial score (nSPS) is 20.4. The number of nitrogens with zero attached hydrogens (tertiary/aromatic N) is 2. The van der Waals surface area contributed by atoms with E-state index in [0.717, 1.165) is 0 Å². The molecule has 0 aromatic rings. The van der Waals surface area contributed by atoms with Crippen LogP contribution in [0.1, 0.15) is 0 Å². The van der Waals surface area contributed by atoms with Crippen molar-refractivity contribution in [3.63, 3.8) is 0 Å². The van der Waals surface area contributed by atoms with Crippen molar-refractivity contribution < 1.29 is 18.4 Å². The molecule has 0 fully saturated rings. The molecule has 0 spiro atoms. The van der Waals surface area contributed by atoms with Crippen molar-refractivity contribution in [3.05, 3.63) is 29.8 Å². The summed E-state index contributed by atoms with van der Waals surface area (Å²) in [4.78, 5) is 3.13. The summed E-state index contributed by atoms with van der Waals surface area (Å²) in [5, 5.41) is 0. The van der Waals surface area contributed by atoms with Gasteiger partial charge in [0.05, 0.1) is 12.1 Å². The van der Waals surface area contributed by atoms with Gasteiger partial charge in [-0.05, 0) is 0 Å². The largest absolute Gasteiger partial charge is 0.361 e. The Hall–Kier alpha value is -0.990. The topological polar surface area (TPSA) is 71.9 Å². The SMILES string of the molecule is COP(=O)(CC1C=CC=CC1=[N+]=[N-])OC. The van der Waals surface area contributed by atoms with Crippen LogP contribution in [-0.2, 0) is 13.6 Å². The molecule has 0 heterocycles. The minimum atomic E-state index is -3.08. The van der Waals surface area contributed by atoms with Crippen LogP contribution in [0.4, 0.5) is 0 Å². The molecule has 0 radical (unpaired) electrons. The van der Waals surface area contributed by atoms with E-state index in [1.807, 2.05) is 0 Å². The second-order valence-electron chi connectivity index (χ2n) is 3.03. The van der Waals surface area contributed by atoms with Crippen molar-refractivity contribution in [2.75, 3.05) is 20.4 Å². The lowest BCUT2D eigenvalue weighted by atomic mass is 10.0. The highest BCUT2D eigenvalue weighted by molar-refractivity contribution is 7.53. The summed E-state index contributed by atoms with van der Waals surface area (Å²) >= 11 is 0. The van der Waals surface area contributed by atoms with Crippen LogP contribution in [0.2, 0.25) is 0 Å². The van der Waals surface area contributed by atoms with Crippen LogP contribution in [0.25, 0.3) is 5.53 Å². The van der Waals surface area contributed by atoms with Gasteiger partial charge in [-0.15, -0.1) is 0 Å². The predicted molar refractivity (Wildman–Crippen MR) is 56.9 cm³/mol. The molecule has 1 atom stereocenters. The third-order valence-electron chi connectivity index (χ3n) is 2.19. The molecule has 0 saturated carbocycles. The number of allylic oxidation sites excluding steroid dienone is 4. The van der Waals surface area contributed by atoms with Gasteiger partial charge < -0.3 is 14.6 Å². The van der Waals surface area contributed by atoms with E-state index in [0.29, 0.717) is 5.71 Å². The molecule has 1 rings (SSSR count). The molecule has 0 saturated heterocycles. The van der Waals surface area contributed by atoms with E-state index in [-0.39, 0.29) is 12.1 Å². The lowest BCUT2D eigenvalue weighted by Gasteiger charge is -2.16. The molecule has 0 aliphatic heterocycles. The van der Waals surface area contributed by atoms with Gasteiger partial charge in [0.1, 0.15) is 0 Å². The molecule has 1 aliphatic carbocycles. The summed E-state index contributed by atoms with van der Waals surface area (Å²) in [5.41, 5.74) is 9.19. The van der Waals surface area contributed by atoms with Crippen molar-refractivity contribution >= 4 is 13.3 Å². The van der Waals surface area contributed by atoms with Gasteiger partial charge in [0.25, 0.3) is 5.71 Å². The first-order valence-corrected chi connectivity index (χ1v) is 6.15. The Kier molecular flexibility index (Phi) is 4.18. The van der Waals surface area contributed by atoms with Gasteiger partial charge in [-0.1, -0.05) is 18.2 Å². The Bertz CT molecular complexity index is 375. The van der Waals surface area contributed by atoms with Gasteiger partial charge in [0, 0.05) is 20.3 Å². The van der Waals surface area contributed by atoms with E-state index in [2.05, 4.69) is 4.79 Å². The van der Waals surface area contributed by atoms with E-state index in [1.165, 1.54) is 14.2 Å². The molecule has 1 aliphatic rings. The Labute approximate surface area is 88.5 Å². The zero-order valence-electron chi connectivity index (χ0n) is 8.66. The summed E-state index contributed by atoms with van der Waals surface area (Å²) in [5.74, 6) is -0.245. The van der Waals surface area contributed by atoms with Gasteiger partial charge >= 0.3 is 7.60 Å². The molecule has 15 heavy (non-hydrogen) atoms. The summed E-state index contributed by atoms with van der Waals surface area (Å²) in [6, 6.07) is 0. The number of hydrogen-bond donors (Lipinski definition) is 0. The maximum Gasteiger partial charge on any atom is 0.331 e. The summed E-state index contributed by atoms with van der Waals surface area (Å²) in [6.07, 6.45) is 7.16. The molecule has 82 valence electrons. The molecule has 6 heteroatoms. The standard InChI is InChI=1S/C9H13N2O3P/c1-13-15(12,14-2)7-8-5-3-4-6-9(8)11-10/h3-6,8H,7H2,1-2H3. The van der Waals surface area contributed by atoms with Crippen LogP contribution in [0.5, 0.6) is 0 Å². The van der Waals surface area contributed by atoms with E-state index >= 15 is 0 Å². The summed E-state index contributed by atoms with van der Waals surface area (Å²) < 4.78 is 21.5. The number of hydrogen-bond acceptors (Lipinski definition) is 3. The third-order valence-corrected chi connectivity index (χ3v) is 4.15. The van der Waals surface area contributed by atoms with E-state index < -0.39 is 7.60 Å². The van der Waals surface area contributed by atoms with Crippen LogP contribution < -0.4 is 0 Å². The quantitative estimate of drug-likeness (QED) is 0.419. The van der Waals surface area contributed by atoms with Crippen molar-refractivity contribution in [3.8, 4) is 0 Å². The van der Waals surface area contributed by atoms with E-state index in [1.54, 1.807) is 24.3 Å². The second kappa shape index (κ2) is 5.19. The van der Waals surface area contributed by atoms with Crippen LogP contribution in [0, 0.1) is 5.92 Å². The molecule has 0 aromatic heterocycles. The molecule has 0 aromatic carbocycles. The maximum absolute atomic E-state index is 11.8. The lowest BCUT2D eigenvalue weighted by molar-refractivity contribution is -0.00866. The van der Waals surface area contributed by atoms with Gasteiger partial charge in [0.15, 0.2) is 0 Å². The molecule has 1 unspecified atom stereocenters. The average molecular weight is 228 g/mol. The fraction of sp³-hybridized carbons (Fsp3) is 0.444. The monoisotopic (exact) mass is 228 g/mol. The average Bonchev–Trinajstić information content (AvgIpc) is 2.29. The van der Waals surface area contributed by atoms with Crippen molar-refractivity contribution in [1.29, 1.82) is 0 Å². The third kappa shape index (κ3) is 2.98. The zero-order valence-corrected chi connectivity index (χ0v) is 9.55. The summed E-state index contributed by atoms with van der Waals surface area (Å²) in [7, 11) is -0.406. The first-order valence-electron chi connectivity index (χ1n) is 4.42. The Morgan fingerprint density at radius 3 is 2.67 bits per heavy atom. The van der Waals surface area contributed by atoms with Gasteiger partial charge in [0.2, 0.25) is 0 Å². The maximum atomic E-state index is 11.8. The zero-order chi connectivity index (χ0) is 11.3. The minimum absolute atomic E-state index is 0.167. The lowest BCUT2D eigenvalue weighted by Crippen LogP contribution is -2.18. The van der Waals surface area contributed by atoms with Crippen LogP contribution >= 0.6 is 7.60 Å². The Morgan fingerprint density at radius 2 is 2.13 bits per heavy atom. The van der Waals surface area contributed by atoms with Crippen molar-refractivity contribution in [1.82, 2.24) is 0 Å². The Morgan fingerprint density at radius 1 is 1.47 bits per heavy atom. The second-order valence-corrected chi connectivity index (χ2v) is 5.35. The first kappa shape index (κ1) is 12.1. The van der Waals surface area contributed by atoms with Gasteiger partial charge in [-0.3, -0.25) is 4.57 Å². The van der Waals surface area contributed by atoms with E-state index in [4.69, 9.17) is 14.6 Å². The van der Waals surface area contributed by atoms with Gasteiger partial charge in [-0.2, -0.15) is 4.79 Å². The molecular weight excluding hydrogens is 215 g/mol. The van der Waals surface area contributed by atoms with Crippen molar-refractivity contribution in [2.45, 2.75) is 0 Å². The summed E-state index contributed by atoms with van der Waals surface area (Å²) in [6.45, 7) is 0. The molecule has 0 bridgehead atoms. The van der Waals surface area contributed by atoms with E-state index in [9.17, 15) is 4.57 Å². The smallest absolute Gasteiger partial charge is 0.331 e. The van der Waals surface area contributed by atoms with Gasteiger partial charge in [-0.25, -0.2) is 0 Å². The molecular formula is C9H13N2O3P. The number of rotatable bonds is 4. The predicted octanol–water partition coefficient (Wildman–Crippen LogP) is 1.89. The van der Waals surface area contributed by atoms with Crippen molar-refractivity contribution in [2.24, 2.45) is 5.92 Å². The fourth-order valence-corrected chi connectivity index (χ4v) is 2.54. The van der Waals surface area contributed by atoms with Crippen LogP contribution in [0.15, 0.2) is 24.3 Å².